The Labute approximate surface area is 204 Å². The smallest absolute Gasteiger partial charge is 0.119 e. The van der Waals surface area contributed by atoms with E-state index < -0.39 is 0 Å². The molecule has 6 unspecified atom stereocenters. The molecule has 188 valence electrons. The van der Waals surface area contributed by atoms with Crippen molar-refractivity contribution in [2.75, 3.05) is 6.61 Å². The first-order chi connectivity index (χ1) is 16.0. The van der Waals surface area contributed by atoms with E-state index in [0.717, 1.165) is 67.7 Å². The lowest BCUT2D eigenvalue weighted by Gasteiger charge is -2.55. The van der Waals surface area contributed by atoms with Crippen LogP contribution in [0, 0.1) is 40.9 Å². The molecule has 0 aromatic heterocycles. The van der Waals surface area contributed by atoms with E-state index >= 15 is 0 Å². The molecule has 7 atom stereocenters. The largest absolute Gasteiger partial charge is 0.378 e. The number of aldehydes is 1. The van der Waals surface area contributed by atoms with Crippen LogP contribution in [0.4, 0.5) is 0 Å². The van der Waals surface area contributed by atoms with Crippen molar-refractivity contribution in [3.63, 3.8) is 0 Å². The van der Waals surface area contributed by atoms with Gasteiger partial charge in [0, 0.05) is 13.0 Å². The Morgan fingerprint density at radius 1 is 1.00 bits per heavy atom. The van der Waals surface area contributed by atoms with Crippen LogP contribution in [0.25, 0.3) is 0 Å². The summed E-state index contributed by atoms with van der Waals surface area (Å²) < 4.78 is 6.31. The number of allylic oxidation sites excluding steroid dienone is 1. The van der Waals surface area contributed by atoms with E-state index in [1.165, 1.54) is 77.0 Å². The molecule has 3 fully saturated rings. The van der Waals surface area contributed by atoms with Crippen molar-refractivity contribution < 1.29 is 9.53 Å². The molecule has 4 aliphatic carbocycles. The van der Waals surface area contributed by atoms with Gasteiger partial charge in [-0.3, -0.25) is 0 Å². The van der Waals surface area contributed by atoms with Crippen LogP contribution in [0.1, 0.15) is 124 Å². The number of carbonyl (C=O) groups excluding carboxylic acids is 1. The fourth-order valence-electron chi connectivity index (χ4n) is 8.62. The van der Waals surface area contributed by atoms with Crippen LogP contribution in [0.5, 0.6) is 0 Å². The van der Waals surface area contributed by atoms with Crippen LogP contribution in [-0.4, -0.2) is 19.0 Å². The highest BCUT2D eigenvalue weighted by Crippen LogP contribution is 2.62. The Morgan fingerprint density at radius 2 is 1.85 bits per heavy atom. The molecule has 0 heterocycles. The SMILES string of the molecule is CC(C)CCCCC1CCC2C1CC[C@H]1C2CC=C2CC(OCCCCCC=O)CCC21C. The minimum atomic E-state index is 0.435. The summed E-state index contributed by atoms with van der Waals surface area (Å²) in [4.78, 5) is 10.5. The molecule has 0 radical (unpaired) electrons. The van der Waals surface area contributed by atoms with Crippen molar-refractivity contribution in [1.82, 2.24) is 0 Å². The molecule has 0 aromatic rings. The zero-order valence-corrected chi connectivity index (χ0v) is 22.0. The molecule has 4 rings (SSSR count). The predicted octanol–water partition coefficient (Wildman–Crippen LogP) is 8.54. The fraction of sp³-hybridized carbons (Fsp3) is 0.903. The molecule has 0 amide bonds. The zero-order valence-electron chi connectivity index (χ0n) is 22.0. The summed E-state index contributed by atoms with van der Waals surface area (Å²) in [5.74, 6) is 5.87. The number of ether oxygens (including phenoxy) is 1. The minimum absolute atomic E-state index is 0.435. The summed E-state index contributed by atoms with van der Waals surface area (Å²) in [7, 11) is 0. The predicted molar refractivity (Wildman–Crippen MR) is 138 cm³/mol. The van der Waals surface area contributed by atoms with Crippen molar-refractivity contribution in [2.24, 2.45) is 40.9 Å². The Morgan fingerprint density at radius 3 is 2.67 bits per heavy atom. The molecule has 3 saturated carbocycles. The van der Waals surface area contributed by atoms with Gasteiger partial charge < -0.3 is 9.53 Å². The highest BCUT2D eigenvalue weighted by atomic mass is 16.5. The Bertz CT molecular complexity index is 651. The molecular weight excluding hydrogens is 404 g/mol. The fourth-order valence-corrected chi connectivity index (χ4v) is 8.62. The molecule has 2 nitrogen and oxygen atoms in total. The Hall–Kier alpha value is -0.630. The van der Waals surface area contributed by atoms with E-state index in [-0.39, 0.29) is 0 Å². The number of hydrogen-bond donors (Lipinski definition) is 0. The first-order valence-corrected chi connectivity index (χ1v) is 14.8. The van der Waals surface area contributed by atoms with Gasteiger partial charge in [0.25, 0.3) is 0 Å². The van der Waals surface area contributed by atoms with Gasteiger partial charge in [0.2, 0.25) is 0 Å². The van der Waals surface area contributed by atoms with Crippen LogP contribution in [0.2, 0.25) is 0 Å². The van der Waals surface area contributed by atoms with Gasteiger partial charge in [0.15, 0.2) is 0 Å². The summed E-state index contributed by atoms with van der Waals surface area (Å²) in [5, 5.41) is 0. The lowest BCUT2D eigenvalue weighted by molar-refractivity contribution is -0.107. The molecule has 4 aliphatic rings. The maximum atomic E-state index is 10.5. The van der Waals surface area contributed by atoms with Gasteiger partial charge in [-0.15, -0.1) is 0 Å². The van der Waals surface area contributed by atoms with Gasteiger partial charge in [-0.05, 0) is 105 Å². The average Bonchev–Trinajstić information content (AvgIpc) is 3.22. The molecule has 0 spiro atoms. The number of rotatable bonds is 12. The number of hydrogen-bond acceptors (Lipinski definition) is 2. The van der Waals surface area contributed by atoms with Crippen molar-refractivity contribution >= 4 is 6.29 Å². The van der Waals surface area contributed by atoms with Gasteiger partial charge in [0.05, 0.1) is 6.10 Å². The van der Waals surface area contributed by atoms with Crippen LogP contribution >= 0.6 is 0 Å². The van der Waals surface area contributed by atoms with Crippen LogP contribution in [0.3, 0.4) is 0 Å². The number of fused-ring (bicyclic) bond motifs is 5. The summed E-state index contributed by atoms with van der Waals surface area (Å²) >= 11 is 0. The molecule has 2 heteroatoms. The molecular formula is C31H52O2. The van der Waals surface area contributed by atoms with Crippen LogP contribution in [-0.2, 0) is 9.53 Å². The third-order valence-electron chi connectivity index (χ3n) is 10.5. The standard InChI is InChI=1S/C31H52O2/c1-23(2)10-6-7-11-24-12-14-28-27(24)16-17-30-29(28)15-13-25-22-26(18-19-31(25,30)3)33-21-9-5-4-8-20-32/h13,20,23-24,26-30H,4-12,14-19,21-22H2,1-3H3/t24?,26?,27?,28?,29?,30-,31?/m0/s1. The highest BCUT2D eigenvalue weighted by Gasteiger charge is 2.54. The quantitative estimate of drug-likeness (QED) is 0.167. The summed E-state index contributed by atoms with van der Waals surface area (Å²) in [6, 6.07) is 0. The molecule has 0 saturated heterocycles. The third-order valence-corrected chi connectivity index (χ3v) is 10.5. The number of carbonyl (C=O) groups is 1. The Balaban J connectivity index is 1.28. The first kappa shape index (κ1) is 25.5. The monoisotopic (exact) mass is 456 g/mol. The maximum absolute atomic E-state index is 10.5. The van der Waals surface area contributed by atoms with Gasteiger partial charge >= 0.3 is 0 Å². The van der Waals surface area contributed by atoms with E-state index in [1.54, 1.807) is 5.57 Å². The van der Waals surface area contributed by atoms with Gasteiger partial charge in [-0.25, -0.2) is 0 Å². The maximum Gasteiger partial charge on any atom is 0.119 e. The van der Waals surface area contributed by atoms with E-state index in [4.69, 9.17) is 4.74 Å². The molecule has 0 aromatic carbocycles. The minimum Gasteiger partial charge on any atom is -0.378 e. The van der Waals surface area contributed by atoms with Crippen LogP contribution in [0.15, 0.2) is 11.6 Å². The summed E-state index contributed by atoms with van der Waals surface area (Å²) in [5.41, 5.74) is 2.20. The van der Waals surface area contributed by atoms with Crippen molar-refractivity contribution in [3.05, 3.63) is 11.6 Å². The number of unbranched alkanes of at least 4 members (excludes halogenated alkanes) is 4. The van der Waals surface area contributed by atoms with Crippen LogP contribution < -0.4 is 0 Å². The lowest BCUT2D eigenvalue weighted by atomic mass is 9.50. The second kappa shape index (κ2) is 11.9. The second-order valence-corrected chi connectivity index (χ2v) is 12.8. The Kier molecular flexibility index (Phi) is 9.16. The van der Waals surface area contributed by atoms with E-state index in [2.05, 4.69) is 26.8 Å². The zero-order chi connectivity index (χ0) is 23.3. The summed E-state index contributed by atoms with van der Waals surface area (Å²) in [6.45, 7) is 8.25. The second-order valence-electron chi connectivity index (χ2n) is 12.8. The van der Waals surface area contributed by atoms with Crippen molar-refractivity contribution in [1.29, 1.82) is 0 Å². The molecule has 33 heavy (non-hydrogen) atoms. The normalized spacial score (nSPS) is 37.9. The highest BCUT2D eigenvalue weighted by molar-refractivity contribution is 5.48. The first-order valence-electron chi connectivity index (χ1n) is 14.8. The van der Waals surface area contributed by atoms with E-state index in [1.807, 2.05) is 0 Å². The van der Waals surface area contributed by atoms with Gasteiger partial charge in [-0.1, -0.05) is 64.5 Å². The molecule has 0 N–H and O–H groups in total. The van der Waals surface area contributed by atoms with E-state index in [9.17, 15) is 4.79 Å². The topological polar surface area (TPSA) is 26.3 Å². The van der Waals surface area contributed by atoms with Crippen molar-refractivity contribution in [3.8, 4) is 0 Å². The lowest BCUT2D eigenvalue weighted by Crippen LogP contribution is -2.47. The van der Waals surface area contributed by atoms with Gasteiger partial charge in [-0.2, -0.15) is 0 Å². The average molecular weight is 457 g/mol. The molecule has 0 aliphatic heterocycles. The van der Waals surface area contributed by atoms with Gasteiger partial charge in [0.1, 0.15) is 6.29 Å². The molecule has 0 bridgehead atoms. The third kappa shape index (κ3) is 5.96. The summed E-state index contributed by atoms with van der Waals surface area (Å²) in [6.07, 6.45) is 25.2. The van der Waals surface area contributed by atoms with Crippen molar-refractivity contribution in [2.45, 2.75) is 130 Å². The van der Waals surface area contributed by atoms with E-state index in [0.29, 0.717) is 17.9 Å².